The van der Waals surface area contributed by atoms with E-state index in [4.69, 9.17) is 15.9 Å². The van der Waals surface area contributed by atoms with Crippen LogP contribution in [0.15, 0.2) is 0 Å². The molecule has 0 saturated carbocycles. The van der Waals surface area contributed by atoms with Gasteiger partial charge in [-0.05, 0) is 12.8 Å². The summed E-state index contributed by atoms with van der Waals surface area (Å²) in [7, 11) is 0. The summed E-state index contributed by atoms with van der Waals surface area (Å²) in [6, 6.07) is -1.07. The highest BCUT2D eigenvalue weighted by Crippen LogP contribution is 2.16. The number of carbonyl (C=O) groups excluding carboxylic acids is 2. The van der Waals surface area contributed by atoms with Crippen molar-refractivity contribution in [1.82, 2.24) is 10.2 Å². The number of hydrogen-bond donors (Lipinski definition) is 4. The van der Waals surface area contributed by atoms with Crippen molar-refractivity contribution >= 4 is 17.9 Å². The molecule has 1 aliphatic heterocycles. The van der Waals surface area contributed by atoms with E-state index in [1.165, 1.54) is 4.90 Å². The van der Waals surface area contributed by atoms with Gasteiger partial charge in [0.15, 0.2) is 6.10 Å². The molecule has 5 N–H and O–H groups in total. The van der Waals surface area contributed by atoms with Gasteiger partial charge in [0.1, 0.15) is 6.04 Å². The van der Waals surface area contributed by atoms with Gasteiger partial charge >= 0.3 is 12.0 Å². The molecular formula is C10H17N3O5. The van der Waals surface area contributed by atoms with Crippen molar-refractivity contribution in [2.45, 2.75) is 31.4 Å². The minimum atomic E-state index is -1.50. The smallest absolute Gasteiger partial charge is 0.332 e. The lowest BCUT2D eigenvalue weighted by Crippen LogP contribution is -2.48. The SMILES string of the molecule is NC(=O)C1CCCN1C(=O)NCCC(O)C(=O)O. The van der Waals surface area contributed by atoms with Gasteiger partial charge in [-0.15, -0.1) is 0 Å². The van der Waals surface area contributed by atoms with Crippen LogP contribution in [0.5, 0.6) is 0 Å². The van der Waals surface area contributed by atoms with Crippen LogP contribution in [-0.2, 0) is 9.59 Å². The number of carbonyl (C=O) groups is 3. The molecule has 0 bridgehead atoms. The Morgan fingerprint density at radius 2 is 2.11 bits per heavy atom. The number of hydrogen-bond acceptors (Lipinski definition) is 4. The molecule has 8 nitrogen and oxygen atoms in total. The minimum absolute atomic E-state index is 0.0221. The van der Waals surface area contributed by atoms with E-state index < -0.39 is 30.1 Å². The van der Waals surface area contributed by atoms with Gasteiger partial charge in [0.2, 0.25) is 5.91 Å². The third-order valence-corrected chi connectivity index (χ3v) is 2.82. The third-order valence-electron chi connectivity index (χ3n) is 2.82. The first-order valence-corrected chi connectivity index (χ1v) is 5.68. The normalized spacial score (nSPS) is 20.5. The second-order valence-corrected chi connectivity index (χ2v) is 4.13. The van der Waals surface area contributed by atoms with Crippen LogP contribution >= 0.6 is 0 Å². The second kappa shape index (κ2) is 6.20. The van der Waals surface area contributed by atoms with E-state index in [9.17, 15) is 14.4 Å². The van der Waals surface area contributed by atoms with E-state index in [0.717, 1.165) is 0 Å². The first kappa shape index (κ1) is 14.2. The van der Waals surface area contributed by atoms with Crippen molar-refractivity contribution in [2.24, 2.45) is 5.73 Å². The molecule has 0 aromatic carbocycles. The predicted octanol–water partition coefficient (Wildman–Crippen LogP) is -1.52. The number of aliphatic hydroxyl groups excluding tert-OH is 1. The van der Waals surface area contributed by atoms with Crippen LogP contribution in [0.1, 0.15) is 19.3 Å². The van der Waals surface area contributed by atoms with E-state index in [-0.39, 0.29) is 13.0 Å². The zero-order valence-corrected chi connectivity index (χ0v) is 9.83. The van der Waals surface area contributed by atoms with Crippen molar-refractivity contribution < 1.29 is 24.6 Å². The molecule has 1 saturated heterocycles. The van der Waals surface area contributed by atoms with E-state index in [0.29, 0.717) is 19.4 Å². The fourth-order valence-corrected chi connectivity index (χ4v) is 1.85. The standard InChI is InChI=1S/C10H17N3O5/c11-8(15)6-2-1-5-13(6)10(18)12-4-3-7(14)9(16)17/h6-7,14H,1-5H2,(H2,11,15)(H,12,18)(H,16,17). The van der Waals surface area contributed by atoms with Crippen LogP contribution in [-0.4, -0.2) is 58.3 Å². The average Bonchev–Trinajstić information content (AvgIpc) is 2.77. The van der Waals surface area contributed by atoms with Crippen LogP contribution in [0.4, 0.5) is 4.79 Å². The predicted molar refractivity (Wildman–Crippen MR) is 60.6 cm³/mol. The summed E-state index contributed by atoms with van der Waals surface area (Å²) in [6.07, 6.45) is -0.342. The molecule has 2 atom stereocenters. The fraction of sp³-hybridized carbons (Fsp3) is 0.700. The lowest BCUT2D eigenvalue weighted by molar-refractivity contribution is -0.146. The van der Waals surface area contributed by atoms with E-state index in [1.807, 2.05) is 0 Å². The number of nitrogens with one attached hydrogen (secondary N) is 1. The summed E-state index contributed by atoms with van der Waals surface area (Å²) < 4.78 is 0. The maximum Gasteiger partial charge on any atom is 0.332 e. The van der Waals surface area contributed by atoms with Crippen LogP contribution in [0.25, 0.3) is 0 Å². The molecular weight excluding hydrogens is 242 g/mol. The summed E-state index contributed by atoms with van der Waals surface area (Å²) >= 11 is 0. The quantitative estimate of drug-likeness (QED) is 0.476. The number of urea groups is 1. The molecule has 1 heterocycles. The summed E-state index contributed by atoms with van der Waals surface area (Å²) in [5, 5.41) is 19.9. The Morgan fingerprint density at radius 1 is 1.44 bits per heavy atom. The zero-order valence-electron chi connectivity index (χ0n) is 9.83. The Morgan fingerprint density at radius 3 is 2.67 bits per heavy atom. The lowest BCUT2D eigenvalue weighted by atomic mass is 10.2. The Hall–Kier alpha value is -1.83. The van der Waals surface area contributed by atoms with Gasteiger partial charge in [-0.1, -0.05) is 0 Å². The highest BCUT2D eigenvalue weighted by molar-refractivity contribution is 5.86. The van der Waals surface area contributed by atoms with E-state index in [2.05, 4.69) is 5.32 Å². The van der Waals surface area contributed by atoms with E-state index in [1.54, 1.807) is 0 Å². The van der Waals surface area contributed by atoms with Crippen LogP contribution in [0, 0.1) is 0 Å². The van der Waals surface area contributed by atoms with Crippen LogP contribution in [0.2, 0.25) is 0 Å². The third kappa shape index (κ3) is 3.59. The average molecular weight is 259 g/mol. The van der Waals surface area contributed by atoms with Crippen molar-refractivity contribution in [3.8, 4) is 0 Å². The lowest BCUT2D eigenvalue weighted by Gasteiger charge is -2.22. The molecule has 1 aliphatic rings. The molecule has 0 aliphatic carbocycles. The minimum Gasteiger partial charge on any atom is -0.479 e. The monoisotopic (exact) mass is 259 g/mol. The molecule has 102 valence electrons. The van der Waals surface area contributed by atoms with Crippen LogP contribution in [0.3, 0.4) is 0 Å². The van der Waals surface area contributed by atoms with Gasteiger partial charge in [-0.3, -0.25) is 4.79 Å². The number of aliphatic carboxylic acids is 1. The number of nitrogens with zero attached hydrogens (tertiary/aromatic N) is 1. The summed E-state index contributed by atoms with van der Waals surface area (Å²) in [5.41, 5.74) is 5.16. The molecule has 1 fully saturated rings. The fourth-order valence-electron chi connectivity index (χ4n) is 1.85. The molecule has 0 aromatic heterocycles. The Kier molecular flexibility index (Phi) is 4.90. The topological polar surface area (TPSA) is 133 Å². The molecule has 0 radical (unpaired) electrons. The van der Waals surface area contributed by atoms with Crippen LogP contribution < -0.4 is 11.1 Å². The zero-order chi connectivity index (χ0) is 13.7. The van der Waals surface area contributed by atoms with E-state index >= 15 is 0 Å². The first-order valence-electron chi connectivity index (χ1n) is 5.68. The van der Waals surface area contributed by atoms with Crippen molar-refractivity contribution in [1.29, 1.82) is 0 Å². The maximum absolute atomic E-state index is 11.7. The molecule has 18 heavy (non-hydrogen) atoms. The molecule has 3 amide bonds. The summed E-state index contributed by atoms with van der Waals surface area (Å²) in [4.78, 5) is 34.4. The highest BCUT2D eigenvalue weighted by atomic mass is 16.4. The molecule has 8 heteroatoms. The molecule has 0 spiro atoms. The molecule has 1 rings (SSSR count). The number of carboxylic acid groups (broad SMARTS) is 1. The number of primary amides is 1. The van der Waals surface area contributed by atoms with Gasteiger partial charge in [-0.2, -0.15) is 0 Å². The first-order chi connectivity index (χ1) is 8.43. The highest BCUT2D eigenvalue weighted by Gasteiger charge is 2.32. The Bertz CT molecular complexity index is 346. The number of likely N-dealkylation sites (tertiary alicyclic amines) is 1. The summed E-state index contributed by atoms with van der Waals surface area (Å²) in [6.45, 7) is 0.467. The number of carboxylic acids is 1. The molecule has 0 aromatic rings. The van der Waals surface area contributed by atoms with Gasteiger partial charge < -0.3 is 26.2 Å². The van der Waals surface area contributed by atoms with Gasteiger partial charge in [0, 0.05) is 19.5 Å². The van der Waals surface area contributed by atoms with Gasteiger partial charge in [-0.25, -0.2) is 9.59 Å². The van der Waals surface area contributed by atoms with Crippen molar-refractivity contribution in [3.63, 3.8) is 0 Å². The second-order valence-electron chi connectivity index (χ2n) is 4.13. The van der Waals surface area contributed by atoms with Gasteiger partial charge in [0.25, 0.3) is 0 Å². The number of amides is 3. The number of aliphatic hydroxyl groups is 1. The van der Waals surface area contributed by atoms with Crippen molar-refractivity contribution in [3.05, 3.63) is 0 Å². The van der Waals surface area contributed by atoms with Gasteiger partial charge in [0.05, 0.1) is 0 Å². The largest absolute Gasteiger partial charge is 0.479 e. The summed E-state index contributed by atoms with van der Waals surface area (Å²) in [5.74, 6) is -1.88. The number of nitrogens with two attached hydrogens (primary N) is 1. The molecule has 2 unspecified atom stereocenters. The van der Waals surface area contributed by atoms with Crippen molar-refractivity contribution in [2.75, 3.05) is 13.1 Å². The Labute approximate surface area is 104 Å². The maximum atomic E-state index is 11.7. The number of rotatable bonds is 5. The Balaban J connectivity index is 2.37.